The molecule has 1 amide bonds. The molecular formula is C11H15FN2O2. The van der Waals surface area contributed by atoms with Gasteiger partial charge < -0.3 is 16.2 Å². The van der Waals surface area contributed by atoms with Crippen LogP contribution in [0.5, 0.6) is 0 Å². The first-order valence-electron chi connectivity index (χ1n) is 5.05. The van der Waals surface area contributed by atoms with Crippen LogP contribution in [-0.4, -0.2) is 23.7 Å². The molecular weight excluding hydrogens is 211 g/mol. The molecule has 88 valence electrons. The minimum Gasteiger partial charge on any atom is -0.398 e. The van der Waals surface area contributed by atoms with E-state index in [0.29, 0.717) is 6.42 Å². The monoisotopic (exact) mass is 226 g/mol. The van der Waals surface area contributed by atoms with Gasteiger partial charge >= 0.3 is 0 Å². The Kier molecular flexibility index (Phi) is 4.25. The van der Waals surface area contributed by atoms with Crippen molar-refractivity contribution >= 4 is 11.6 Å². The third-order valence-corrected chi connectivity index (χ3v) is 2.31. The van der Waals surface area contributed by atoms with Crippen molar-refractivity contribution in [1.29, 1.82) is 0 Å². The van der Waals surface area contributed by atoms with E-state index in [1.165, 1.54) is 12.1 Å². The Bertz CT molecular complexity index is 378. The largest absolute Gasteiger partial charge is 0.398 e. The lowest BCUT2D eigenvalue weighted by atomic mass is 10.1. The predicted octanol–water partition coefficient (Wildman–Crippen LogP) is 0.909. The molecule has 16 heavy (non-hydrogen) atoms. The second-order valence-electron chi connectivity index (χ2n) is 3.49. The number of nitrogens with two attached hydrogens (primary N) is 1. The molecule has 0 saturated carbocycles. The van der Waals surface area contributed by atoms with Crippen LogP contribution >= 0.6 is 0 Å². The molecule has 0 aliphatic rings. The molecule has 0 spiro atoms. The summed E-state index contributed by atoms with van der Waals surface area (Å²) < 4.78 is 12.8. The Morgan fingerprint density at radius 1 is 1.62 bits per heavy atom. The number of amides is 1. The molecule has 4 N–H and O–H groups in total. The van der Waals surface area contributed by atoms with Gasteiger partial charge in [-0.3, -0.25) is 4.79 Å². The van der Waals surface area contributed by atoms with Gasteiger partial charge in [0.1, 0.15) is 5.82 Å². The van der Waals surface area contributed by atoms with Crippen molar-refractivity contribution < 1.29 is 14.3 Å². The Hall–Kier alpha value is -1.62. The zero-order valence-electron chi connectivity index (χ0n) is 9.03. The maximum Gasteiger partial charge on any atom is 0.253 e. The van der Waals surface area contributed by atoms with Crippen LogP contribution in [-0.2, 0) is 0 Å². The van der Waals surface area contributed by atoms with Gasteiger partial charge in [-0.1, -0.05) is 6.92 Å². The summed E-state index contributed by atoms with van der Waals surface area (Å²) in [6.45, 7) is 1.71. The molecule has 0 aromatic heterocycles. The van der Waals surface area contributed by atoms with Crippen molar-refractivity contribution in [2.45, 2.75) is 19.4 Å². The first-order chi connectivity index (χ1) is 7.58. The Morgan fingerprint density at radius 3 is 2.81 bits per heavy atom. The number of carbonyl (C=O) groups excluding carboxylic acids is 1. The molecule has 5 heteroatoms. The number of benzene rings is 1. The van der Waals surface area contributed by atoms with Crippen molar-refractivity contribution in [1.82, 2.24) is 5.32 Å². The zero-order valence-corrected chi connectivity index (χ0v) is 9.03. The van der Waals surface area contributed by atoms with Crippen LogP contribution < -0.4 is 11.1 Å². The van der Waals surface area contributed by atoms with Crippen molar-refractivity contribution in [3.8, 4) is 0 Å². The average molecular weight is 226 g/mol. The van der Waals surface area contributed by atoms with Crippen LogP contribution in [0.3, 0.4) is 0 Å². The smallest absolute Gasteiger partial charge is 0.253 e. The first kappa shape index (κ1) is 12.4. The van der Waals surface area contributed by atoms with E-state index in [1.54, 1.807) is 0 Å². The summed E-state index contributed by atoms with van der Waals surface area (Å²) in [4.78, 5) is 11.7. The molecule has 1 aromatic carbocycles. The van der Waals surface area contributed by atoms with Gasteiger partial charge in [0.05, 0.1) is 18.2 Å². The fraction of sp³-hybridized carbons (Fsp3) is 0.364. The number of nitrogens with one attached hydrogen (secondary N) is 1. The zero-order chi connectivity index (χ0) is 12.1. The number of aliphatic hydroxyl groups is 1. The van der Waals surface area contributed by atoms with Crippen LogP contribution in [0.25, 0.3) is 0 Å². The van der Waals surface area contributed by atoms with Crippen molar-refractivity contribution in [2.24, 2.45) is 0 Å². The average Bonchev–Trinajstić information content (AvgIpc) is 2.25. The van der Waals surface area contributed by atoms with Crippen LogP contribution in [0.15, 0.2) is 18.2 Å². The van der Waals surface area contributed by atoms with Crippen LogP contribution in [0.4, 0.5) is 10.1 Å². The summed E-state index contributed by atoms with van der Waals surface area (Å²) in [5.74, 6) is -0.887. The van der Waals surface area contributed by atoms with E-state index in [2.05, 4.69) is 5.32 Å². The number of anilines is 1. The van der Waals surface area contributed by atoms with Gasteiger partial charge in [0.15, 0.2) is 0 Å². The van der Waals surface area contributed by atoms with Crippen molar-refractivity contribution in [2.75, 3.05) is 12.3 Å². The maximum absolute atomic E-state index is 12.8. The highest BCUT2D eigenvalue weighted by atomic mass is 19.1. The summed E-state index contributed by atoms with van der Waals surface area (Å²) >= 11 is 0. The molecule has 1 rings (SSSR count). The summed E-state index contributed by atoms with van der Waals surface area (Å²) in [7, 11) is 0. The fourth-order valence-electron chi connectivity index (χ4n) is 1.28. The second-order valence-corrected chi connectivity index (χ2v) is 3.49. The fourth-order valence-corrected chi connectivity index (χ4v) is 1.28. The van der Waals surface area contributed by atoms with Gasteiger partial charge in [0, 0.05) is 5.69 Å². The van der Waals surface area contributed by atoms with Crippen LogP contribution in [0.1, 0.15) is 23.7 Å². The quantitative estimate of drug-likeness (QED) is 0.668. The molecule has 1 aromatic rings. The number of rotatable bonds is 4. The summed E-state index contributed by atoms with van der Waals surface area (Å²) in [6.07, 6.45) is 0.614. The molecule has 1 atom stereocenters. The number of aliphatic hydroxyl groups excluding tert-OH is 1. The summed E-state index contributed by atoms with van der Waals surface area (Å²) in [6, 6.07) is 3.28. The van der Waals surface area contributed by atoms with E-state index in [4.69, 9.17) is 10.8 Å². The van der Waals surface area contributed by atoms with Crippen LogP contribution in [0.2, 0.25) is 0 Å². The second kappa shape index (κ2) is 5.46. The van der Waals surface area contributed by atoms with E-state index >= 15 is 0 Å². The number of carbonyl (C=O) groups is 1. The van der Waals surface area contributed by atoms with Crippen molar-refractivity contribution in [3.63, 3.8) is 0 Å². The normalized spacial score (nSPS) is 12.2. The standard InChI is InChI=1S/C11H15FN2O2/c1-2-8(6-15)14-11(16)9-4-3-7(12)5-10(9)13/h3-5,8,15H,2,6,13H2,1H3,(H,14,16)/t8-/m1/s1. The highest BCUT2D eigenvalue weighted by Crippen LogP contribution is 2.13. The van der Waals surface area contributed by atoms with Gasteiger partial charge in [-0.2, -0.15) is 0 Å². The number of nitrogen functional groups attached to an aromatic ring is 1. The number of hydrogen-bond acceptors (Lipinski definition) is 3. The molecule has 0 aliphatic heterocycles. The van der Waals surface area contributed by atoms with Gasteiger partial charge in [-0.25, -0.2) is 4.39 Å². The molecule has 0 aliphatic carbocycles. The first-order valence-corrected chi connectivity index (χ1v) is 5.05. The highest BCUT2D eigenvalue weighted by molar-refractivity contribution is 5.99. The van der Waals surface area contributed by atoms with Gasteiger partial charge in [-0.15, -0.1) is 0 Å². The molecule has 0 saturated heterocycles. The number of halogens is 1. The Balaban J connectivity index is 2.80. The molecule has 0 fully saturated rings. The predicted molar refractivity (Wildman–Crippen MR) is 59.4 cm³/mol. The highest BCUT2D eigenvalue weighted by Gasteiger charge is 2.13. The molecule has 0 heterocycles. The van der Waals surface area contributed by atoms with Gasteiger partial charge in [-0.05, 0) is 24.6 Å². The number of hydrogen-bond donors (Lipinski definition) is 3. The lowest BCUT2D eigenvalue weighted by molar-refractivity contribution is 0.0916. The minimum absolute atomic E-state index is 0.0882. The molecule has 0 unspecified atom stereocenters. The van der Waals surface area contributed by atoms with E-state index in [1.807, 2.05) is 6.92 Å². The third-order valence-electron chi connectivity index (χ3n) is 2.31. The van der Waals surface area contributed by atoms with E-state index in [0.717, 1.165) is 6.07 Å². The third kappa shape index (κ3) is 2.93. The molecule has 0 bridgehead atoms. The molecule has 0 radical (unpaired) electrons. The minimum atomic E-state index is -0.483. The van der Waals surface area contributed by atoms with Crippen LogP contribution in [0, 0.1) is 5.82 Å². The SMILES string of the molecule is CC[C@H](CO)NC(=O)c1ccc(F)cc1N. The van der Waals surface area contributed by atoms with E-state index < -0.39 is 11.7 Å². The summed E-state index contributed by atoms with van der Waals surface area (Å²) in [5.41, 5.74) is 5.82. The van der Waals surface area contributed by atoms with E-state index in [-0.39, 0.29) is 23.9 Å². The lowest BCUT2D eigenvalue weighted by Crippen LogP contribution is -2.37. The maximum atomic E-state index is 12.8. The van der Waals surface area contributed by atoms with E-state index in [9.17, 15) is 9.18 Å². The topological polar surface area (TPSA) is 75.3 Å². The van der Waals surface area contributed by atoms with Gasteiger partial charge in [0.2, 0.25) is 0 Å². The van der Waals surface area contributed by atoms with Gasteiger partial charge in [0.25, 0.3) is 5.91 Å². The summed E-state index contributed by atoms with van der Waals surface area (Å²) in [5, 5.41) is 11.5. The Labute approximate surface area is 93.3 Å². The lowest BCUT2D eigenvalue weighted by Gasteiger charge is -2.14. The Morgan fingerprint density at radius 2 is 2.31 bits per heavy atom. The van der Waals surface area contributed by atoms with Crippen molar-refractivity contribution in [3.05, 3.63) is 29.6 Å². The molecule has 4 nitrogen and oxygen atoms in total.